The first-order valence-corrected chi connectivity index (χ1v) is 6.97. The maximum Gasteiger partial charge on any atom is 0.323 e. The average molecular weight is 274 g/mol. The van der Waals surface area contributed by atoms with E-state index < -0.39 is 0 Å². The van der Waals surface area contributed by atoms with Gasteiger partial charge in [-0.15, -0.1) is 11.8 Å². The summed E-state index contributed by atoms with van der Waals surface area (Å²) in [6.45, 7) is 1.14. The normalized spacial score (nSPS) is 31.0. The van der Waals surface area contributed by atoms with Gasteiger partial charge in [0.2, 0.25) is 5.91 Å². The van der Waals surface area contributed by atoms with Crippen LogP contribution in [0.25, 0.3) is 0 Å². The molecule has 0 aromatic rings. The van der Waals surface area contributed by atoms with Gasteiger partial charge in [0, 0.05) is 25.3 Å². The fourth-order valence-corrected chi connectivity index (χ4v) is 3.81. The van der Waals surface area contributed by atoms with Crippen molar-refractivity contribution in [3.05, 3.63) is 0 Å². The molecule has 2 aliphatic heterocycles. The zero-order chi connectivity index (χ0) is 13.2. The number of carbonyl (C=O) groups excluding carboxylic acids is 2. The Morgan fingerprint density at radius 2 is 2.39 bits per heavy atom. The first kappa shape index (κ1) is 13.6. The second kappa shape index (κ2) is 5.46. The van der Waals surface area contributed by atoms with Gasteiger partial charge in [-0.25, -0.2) is 0 Å². The third-order valence-electron chi connectivity index (χ3n) is 3.36. The molecule has 0 aromatic carbocycles. The number of rotatable bonds is 3. The Bertz CT molecular complexity index is 352. The lowest BCUT2D eigenvalue weighted by atomic mass is 10.2. The minimum Gasteiger partial charge on any atom is -0.468 e. The fourth-order valence-electron chi connectivity index (χ4n) is 2.40. The molecule has 2 rings (SSSR count). The van der Waals surface area contributed by atoms with E-state index in [1.54, 1.807) is 16.7 Å². The molecule has 18 heavy (non-hydrogen) atoms. The molecule has 1 spiro atoms. The van der Waals surface area contributed by atoms with Crippen LogP contribution in [-0.2, 0) is 14.3 Å². The molecule has 0 saturated carbocycles. The van der Waals surface area contributed by atoms with Crippen molar-refractivity contribution in [2.45, 2.75) is 23.8 Å². The molecule has 2 aliphatic rings. The van der Waals surface area contributed by atoms with Gasteiger partial charge in [0.05, 0.1) is 18.6 Å². The smallest absolute Gasteiger partial charge is 0.323 e. The van der Waals surface area contributed by atoms with Crippen LogP contribution in [-0.4, -0.2) is 65.4 Å². The highest BCUT2D eigenvalue weighted by Gasteiger charge is 2.47. The van der Waals surface area contributed by atoms with Crippen LogP contribution in [0.3, 0.4) is 0 Å². The lowest BCUT2D eigenvalue weighted by Gasteiger charge is -2.24. The van der Waals surface area contributed by atoms with Crippen LogP contribution in [0.5, 0.6) is 0 Å². The van der Waals surface area contributed by atoms with Crippen LogP contribution in [0.2, 0.25) is 0 Å². The van der Waals surface area contributed by atoms with E-state index in [2.05, 4.69) is 5.32 Å². The number of carbonyl (C=O) groups is 2. The van der Waals surface area contributed by atoms with Crippen molar-refractivity contribution < 1.29 is 19.4 Å². The molecular weight excluding hydrogens is 256 g/mol. The monoisotopic (exact) mass is 274 g/mol. The van der Waals surface area contributed by atoms with Crippen molar-refractivity contribution in [3.63, 3.8) is 0 Å². The van der Waals surface area contributed by atoms with Gasteiger partial charge in [-0.05, 0) is 6.42 Å². The van der Waals surface area contributed by atoms with Crippen LogP contribution in [0.15, 0.2) is 0 Å². The summed E-state index contributed by atoms with van der Waals surface area (Å²) in [5.74, 6) is 0.395. The highest BCUT2D eigenvalue weighted by atomic mass is 32.2. The predicted molar refractivity (Wildman–Crippen MR) is 67.0 cm³/mol. The van der Waals surface area contributed by atoms with E-state index in [0.717, 1.165) is 6.42 Å². The molecule has 2 fully saturated rings. The standard InChI is InChI=1S/C11H18N2O4S/c1-17-10(16)8-6-18-11(12-8)3-4-13(7-11)9(15)2-5-14/h8,12,14H,2-7H2,1H3/t8-,11?/m0/s1. The number of likely N-dealkylation sites (tertiary alicyclic amines) is 1. The van der Waals surface area contributed by atoms with Crippen molar-refractivity contribution >= 4 is 23.6 Å². The van der Waals surface area contributed by atoms with Crippen molar-refractivity contribution in [1.82, 2.24) is 10.2 Å². The Balaban J connectivity index is 1.92. The van der Waals surface area contributed by atoms with E-state index in [1.165, 1.54) is 7.11 Å². The summed E-state index contributed by atoms with van der Waals surface area (Å²) in [5.41, 5.74) is 0. The van der Waals surface area contributed by atoms with Crippen molar-refractivity contribution in [2.75, 3.05) is 32.6 Å². The Morgan fingerprint density at radius 3 is 3.06 bits per heavy atom. The molecule has 1 amide bonds. The minimum atomic E-state index is -0.284. The SMILES string of the molecule is COC(=O)[C@@H]1CSC2(CCN(C(=O)CCO)C2)N1. The van der Waals surface area contributed by atoms with Crippen LogP contribution < -0.4 is 5.32 Å². The number of thioether (sulfide) groups is 1. The molecule has 0 radical (unpaired) electrons. The van der Waals surface area contributed by atoms with Crippen LogP contribution in [0.1, 0.15) is 12.8 Å². The molecule has 0 aliphatic carbocycles. The summed E-state index contributed by atoms with van der Waals surface area (Å²) in [5, 5.41) is 12.0. The highest BCUT2D eigenvalue weighted by Crippen LogP contribution is 2.38. The van der Waals surface area contributed by atoms with Crippen LogP contribution >= 0.6 is 11.8 Å². The highest BCUT2D eigenvalue weighted by molar-refractivity contribution is 8.01. The van der Waals surface area contributed by atoms with Gasteiger partial charge < -0.3 is 14.7 Å². The summed E-state index contributed by atoms with van der Waals surface area (Å²) >= 11 is 1.68. The Morgan fingerprint density at radius 1 is 1.61 bits per heavy atom. The van der Waals surface area contributed by atoms with E-state index in [1.807, 2.05) is 0 Å². The lowest BCUT2D eigenvalue weighted by molar-refractivity contribution is -0.142. The first-order chi connectivity index (χ1) is 8.60. The molecule has 102 valence electrons. The van der Waals surface area contributed by atoms with Gasteiger partial charge in [-0.2, -0.15) is 0 Å². The number of esters is 1. The molecule has 2 saturated heterocycles. The molecule has 2 N–H and O–H groups in total. The van der Waals surface area contributed by atoms with Crippen LogP contribution in [0, 0.1) is 0 Å². The topological polar surface area (TPSA) is 78.9 Å². The largest absolute Gasteiger partial charge is 0.468 e. The number of ether oxygens (including phenoxy) is 1. The molecule has 6 nitrogen and oxygen atoms in total. The predicted octanol–water partition coefficient (Wildman–Crippen LogP) is -0.825. The van der Waals surface area contributed by atoms with E-state index in [-0.39, 0.29) is 35.8 Å². The number of nitrogens with one attached hydrogen (secondary N) is 1. The number of aliphatic hydroxyl groups excluding tert-OH is 1. The second-order valence-corrected chi connectivity index (χ2v) is 5.97. The molecule has 0 aromatic heterocycles. The van der Waals surface area contributed by atoms with Crippen LogP contribution in [0.4, 0.5) is 0 Å². The number of amides is 1. The number of aliphatic hydroxyl groups is 1. The van der Waals surface area contributed by atoms with Gasteiger partial charge >= 0.3 is 5.97 Å². The number of methoxy groups -OCH3 is 1. The van der Waals surface area contributed by atoms with Gasteiger partial charge in [-0.1, -0.05) is 0 Å². The molecule has 7 heteroatoms. The number of hydrogen-bond acceptors (Lipinski definition) is 6. The molecule has 1 unspecified atom stereocenters. The summed E-state index contributed by atoms with van der Waals surface area (Å²) in [4.78, 5) is 24.7. The van der Waals surface area contributed by atoms with Crippen molar-refractivity contribution in [1.29, 1.82) is 0 Å². The van der Waals surface area contributed by atoms with E-state index in [9.17, 15) is 9.59 Å². The fraction of sp³-hybridized carbons (Fsp3) is 0.818. The summed E-state index contributed by atoms with van der Waals surface area (Å²) < 4.78 is 4.72. The zero-order valence-corrected chi connectivity index (χ0v) is 11.2. The molecule has 0 bridgehead atoms. The quantitative estimate of drug-likeness (QED) is 0.654. The summed E-state index contributed by atoms with van der Waals surface area (Å²) in [6, 6.07) is -0.284. The zero-order valence-electron chi connectivity index (χ0n) is 10.3. The average Bonchev–Trinajstić information content (AvgIpc) is 2.97. The maximum atomic E-state index is 11.7. The lowest BCUT2D eigenvalue weighted by Crippen LogP contribution is -2.47. The first-order valence-electron chi connectivity index (χ1n) is 5.98. The molecular formula is C11H18N2O4S. The second-order valence-electron chi connectivity index (χ2n) is 4.56. The third-order valence-corrected chi connectivity index (χ3v) is 4.86. The van der Waals surface area contributed by atoms with Gasteiger partial charge in [-0.3, -0.25) is 14.9 Å². The van der Waals surface area contributed by atoms with Gasteiger partial charge in [0.15, 0.2) is 0 Å². The summed E-state index contributed by atoms with van der Waals surface area (Å²) in [7, 11) is 1.38. The Hall–Kier alpha value is -0.790. The maximum absolute atomic E-state index is 11.7. The Labute approximate surface area is 110 Å². The summed E-state index contributed by atoms with van der Waals surface area (Å²) in [6.07, 6.45) is 0.990. The van der Waals surface area contributed by atoms with Gasteiger partial charge in [0.1, 0.15) is 6.04 Å². The van der Waals surface area contributed by atoms with Crippen molar-refractivity contribution in [2.24, 2.45) is 0 Å². The molecule has 2 atom stereocenters. The van der Waals surface area contributed by atoms with Gasteiger partial charge in [0.25, 0.3) is 0 Å². The van der Waals surface area contributed by atoms with E-state index in [4.69, 9.17) is 9.84 Å². The van der Waals surface area contributed by atoms with E-state index >= 15 is 0 Å². The third kappa shape index (κ3) is 2.62. The minimum absolute atomic E-state index is 0.0294. The molecule has 2 heterocycles. The number of nitrogens with zero attached hydrogens (tertiary/aromatic N) is 1. The Kier molecular flexibility index (Phi) is 4.14. The van der Waals surface area contributed by atoms with Crippen molar-refractivity contribution in [3.8, 4) is 0 Å². The van der Waals surface area contributed by atoms with E-state index in [0.29, 0.717) is 18.8 Å². The number of hydrogen-bond donors (Lipinski definition) is 2.